The Morgan fingerprint density at radius 3 is 2.54 bits per heavy atom. The zero-order chi connectivity index (χ0) is 19.7. The Bertz CT molecular complexity index is 1050. The van der Waals surface area contributed by atoms with Crippen molar-refractivity contribution >= 4 is 11.9 Å². The number of hydrogen-bond donors (Lipinski definition) is 1. The summed E-state index contributed by atoms with van der Waals surface area (Å²) in [5, 5.41) is 7.70. The topological polar surface area (TPSA) is 97.4 Å². The van der Waals surface area contributed by atoms with Crippen molar-refractivity contribution in [3.8, 4) is 11.1 Å². The second-order valence-electron chi connectivity index (χ2n) is 6.43. The van der Waals surface area contributed by atoms with Gasteiger partial charge < -0.3 is 5.73 Å². The maximum absolute atomic E-state index is 13.2. The summed E-state index contributed by atoms with van der Waals surface area (Å²) >= 11 is 0. The van der Waals surface area contributed by atoms with E-state index < -0.39 is 12.2 Å². The number of halogens is 1. The van der Waals surface area contributed by atoms with E-state index >= 15 is 0 Å². The first kappa shape index (κ1) is 17.7. The summed E-state index contributed by atoms with van der Waals surface area (Å²) in [4.78, 5) is 23.2. The Morgan fingerprint density at radius 2 is 1.93 bits per heavy atom. The number of hydrogen-bond acceptors (Lipinski definition) is 6. The fourth-order valence-corrected chi connectivity index (χ4v) is 3.29. The van der Waals surface area contributed by atoms with Crippen molar-refractivity contribution in [1.29, 1.82) is 0 Å². The summed E-state index contributed by atoms with van der Waals surface area (Å²) in [5.41, 5.74) is 7.75. The number of guanidine groups is 1. The van der Waals surface area contributed by atoms with Gasteiger partial charge in [0.1, 0.15) is 6.67 Å². The first-order valence-electron chi connectivity index (χ1n) is 8.58. The van der Waals surface area contributed by atoms with Gasteiger partial charge in [-0.05, 0) is 29.3 Å². The molecule has 0 aliphatic carbocycles. The molecular weight excluding hydrogens is 359 g/mol. The lowest BCUT2D eigenvalue weighted by Gasteiger charge is -2.26. The molecule has 1 aliphatic heterocycles. The van der Waals surface area contributed by atoms with E-state index in [1.165, 1.54) is 11.1 Å². The van der Waals surface area contributed by atoms with Gasteiger partial charge in [0, 0.05) is 24.4 Å². The average molecular weight is 376 g/mol. The number of benzene rings is 1. The van der Waals surface area contributed by atoms with Gasteiger partial charge >= 0.3 is 0 Å². The second-order valence-corrected chi connectivity index (χ2v) is 6.43. The average Bonchev–Trinajstić information content (AvgIpc) is 2.99. The molecule has 8 heteroatoms. The Kier molecular flexibility index (Phi) is 4.31. The number of carbonyl (C=O) groups excluding carboxylic acids is 1. The molecule has 3 aromatic rings. The van der Waals surface area contributed by atoms with E-state index in [0.717, 1.165) is 11.1 Å². The number of pyridine rings is 1. The summed E-state index contributed by atoms with van der Waals surface area (Å²) in [7, 11) is 1.57. The predicted molar refractivity (Wildman–Crippen MR) is 102 cm³/mol. The summed E-state index contributed by atoms with van der Waals surface area (Å²) in [6.45, 7) is -0.683. The number of aliphatic imine (C=N–C) groups is 1. The van der Waals surface area contributed by atoms with Crippen molar-refractivity contribution in [2.75, 3.05) is 7.05 Å². The number of amides is 1. The number of carbonyl (C=O) groups is 1. The molecule has 0 radical (unpaired) electrons. The minimum atomic E-state index is -1.38. The van der Waals surface area contributed by atoms with Gasteiger partial charge in [-0.15, -0.1) is 0 Å². The van der Waals surface area contributed by atoms with Gasteiger partial charge in [0.2, 0.25) is 0 Å². The van der Waals surface area contributed by atoms with E-state index in [-0.39, 0.29) is 17.6 Å². The van der Waals surface area contributed by atoms with Gasteiger partial charge in [-0.2, -0.15) is 10.2 Å². The normalized spacial score (nSPS) is 19.0. The number of rotatable bonds is 4. The van der Waals surface area contributed by atoms with Crippen LogP contribution in [0.25, 0.3) is 11.1 Å². The molecule has 2 aromatic heterocycles. The van der Waals surface area contributed by atoms with Crippen LogP contribution in [0.4, 0.5) is 4.39 Å². The summed E-state index contributed by atoms with van der Waals surface area (Å²) in [6, 6.07) is 12.5. The van der Waals surface area contributed by atoms with Crippen LogP contribution in [-0.4, -0.2) is 39.0 Å². The molecule has 0 spiro atoms. The summed E-state index contributed by atoms with van der Waals surface area (Å²) in [5.74, 6) is -0.194. The zero-order valence-electron chi connectivity index (χ0n) is 15.1. The lowest BCUT2D eigenvalue weighted by molar-refractivity contribution is -0.129. The van der Waals surface area contributed by atoms with Crippen LogP contribution in [0, 0.1) is 0 Å². The van der Waals surface area contributed by atoms with E-state index in [0.29, 0.717) is 11.1 Å². The lowest BCUT2D eigenvalue weighted by atomic mass is 9.82. The fraction of sp³-hybridized carbons (Fsp3) is 0.150. The third kappa shape index (κ3) is 2.70. The highest BCUT2D eigenvalue weighted by atomic mass is 19.1. The molecule has 1 amide bonds. The molecule has 0 saturated heterocycles. The van der Waals surface area contributed by atoms with Crippen LogP contribution < -0.4 is 5.73 Å². The molecule has 4 rings (SSSR count). The van der Waals surface area contributed by atoms with E-state index in [1.807, 2.05) is 30.3 Å². The van der Waals surface area contributed by atoms with Crippen molar-refractivity contribution in [2.24, 2.45) is 10.7 Å². The maximum atomic E-state index is 13.2. The number of nitrogens with zero attached hydrogens (tertiary/aromatic N) is 5. The molecule has 0 fully saturated rings. The smallest absolute Gasteiger partial charge is 0.266 e. The highest BCUT2D eigenvalue weighted by molar-refractivity contribution is 6.09. The molecule has 3 heterocycles. The SMILES string of the molecule is CN1C(=O)C(c2ccc(CF)nc2)(c2cccc(-c3ccnnc3)c2)N=C1N. The molecular formula is C20H17FN6O. The number of aromatic nitrogens is 3. The first-order chi connectivity index (χ1) is 13.6. The Hall–Kier alpha value is -3.68. The van der Waals surface area contributed by atoms with Crippen molar-refractivity contribution in [1.82, 2.24) is 20.1 Å². The third-order valence-electron chi connectivity index (χ3n) is 4.82. The standard InChI is InChI=1S/C20H17FN6O/c1-27-18(28)20(26-19(27)22,16-5-6-17(10-21)23-12-16)15-4-2-3-13(9-15)14-7-8-24-25-11-14/h2-9,11-12H,10H2,1H3,(H2,22,26). The zero-order valence-corrected chi connectivity index (χ0v) is 15.1. The van der Waals surface area contributed by atoms with Gasteiger partial charge in [0.15, 0.2) is 11.5 Å². The van der Waals surface area contributed by atoms with Crippen LogP contribution >= 0.6 is 0 Å². The third-order valence-corrected chi connectivity index (χ3v) is 4.82. The molecule has 1 unspecified atom stereocenters. The van der Waals surface area contributed by atoms with Crippen LogP contribution in [0.5, 0.6) is 0 Å². The summed E-state index contributed by atoms with van der Waals surface area (Å²) < 4.78 is 12.9. The van der Waals surface area contributed by atoms with Crippen LogP contribution in [0.15, 0.2) is 66.0 Å². The van der Waals surface area contributed by atoms with E-state index in [4.69, 9.17) is 5.73 Å². The van der Waals surface area contributed by atoms with Crippen molar-refractivity contribution in [3.63, 3.8) is 0 Å². The Morgan fingerprint density at radius 1 is 1.07 bits per heavy atom. The molecule has 1 atom stereocenters. The maximum Gasteiger partial charge on any atom is 0.266 e. The van der Waals surface area contributed by atoms with Crippen molar-refractivity contribution < 1.29 is 9.18 Å². The van der Waals surface area contributed by atoms with Crippen LogP contribution in [0.1, 0.15) is 16.8 Å². The quantitative estimate of drug-likeness (QED) is 0.751. The highest BCUT2D eigenvalue weighted by Crippen LogP contribution is 2.40. The molecule has 1 aliphatic rings. The minimum Gasteiger partial charge on any atom is -0.369 e. The van der Waals surface area contributed by atoms with Crippen LogP contribution in [-0.2, 0) is 17.0 Å². The van der Waals surface area contributed by atoms with Gasteiger partial charge in [-0.1, -0.05) is 24.3 Å². The number of likely N-dealkylation sites (N-methyl/N-ethyl adjacent to an activating group) is 1. The van der Waals surface area contributed by atoms with E-state index in [2.05, 4.69) is 20.2 Å². The number of alkyl halides is 1. The van der Waals surface area contributed by atoms with Gasteiger partial charge in [0.05, 0.1) is 18.1 Å². The van der Waals surface area contributed by atoms with Gasteiger partial charge in [-0.25, -0.2) is 9.38 Å². The van der Waals surface area contributed by atoms with Crippen molar-refractivity contribution in [2.45, 2.75) is 12.2 Å². The molecule has 1 aromatic carbocycles. The monoisotopic (exact) mass is 376 g/mol. The minimum absolute atomic E-state index is 0.107. The van der Waals surface area contributed by atoms with Crippen molar-refractivity contribution in [3.05, 3.63) is 77.9 Å². The summed E-state index contributed by atoms with van der Waals surface area (Å²) in [6.07, 6.45) is 4.72. The van der Waals surface area contributed by atoms with Gasteiger partial charge in [0.25, 0.3) is 5.91 Å². The van der Waals surface area contributed by atoms with Crippen LogP contribution in [0.2, 0.25) is 0 Å². The Labute approximate surface area is 160 Å². The molecule has 140 valence electrons. The van der Waals surface area contributed by atoms with Crippen LogP contribution in [0.3, 0.4) is 0 Å². The Balaban J connectivity index is 1.91. The molecule has 2 N–H and O–H groups in total. The molecule has 28 heavy (non-hydrogen) atoms. The predicted octanol–water partition coefficient (Wildman–Crippen LogP) is 2.04. The first-order valence-corrected chi connectivity index (χ1v) is 8.58. The van der Waals surface area contributed by atoms with E-state index in [9.17, 15) is 9.18 Å². The second kappa shape index (κ2) is 6.80. The molecule has 7 nitrogen and oxygen atoms in total. The van der Waals surface area contributed by atoms with E-state index in [1.54, 1.807) is 31.6 Å². The fourth-order valence-electron chi connectivity index (χ4n) is 3.29. The van der Waals surface area contributed by atoms with Gasteiger partial charge in [-0.3, -0.25) is 14.7 Å². The lowest BCUT2D eigenvalue weighted by Crippen LogP contribution is -2.41. The molecule has 0 bridgehead atoms. The molecule has 0 saturated carbocycles. The highest BCUT2D eigenvalue weighted by Gasteiger charge is 2.49. The largest absolute Gasteiger partial charge is 0.369 e. The number of nitrogens with two attached hydrogens (primary N) is 1.